The van der Waals surface area contributed by atoms with Gasteiger partial charge in [0.15, 0.2) is 0 Å². The van der Waals surface area contributed by atoms with Crippen molar-refractivity contribution in [2.45, 2.75) is 25.2 Å². The number of benzene rings is 2. The van der Waals surface area contributed by atoms with Crippen molar-refractivity contribution in [2.75, 3.05) is 5.75 Å². The summed E-state index contributed by atoms with van der Waals surface area (Å²) in [6, 6.07) is 14.4. The molecule has 2 N–H and O–H groups in total. The van der Waals surface area contributed by atoms with Crippen molar-refractivity contribution in [3.05, 3.63) is 93.6 Å². The molecule has 0 saturated heterocycles. The second-order valence-corrected chi connectivity index (χ2v) is 8.91. The lowest BCUT2D eigenvalue weighted by atomic mass is 10.0. The maximum absolute atomic E-state index is 13.1. The number of aromatic nitrogens is 1. The third-order valence-electron chi connectivity index (χ3n) is 5.07. The molecule has 2 aromatic carbocycles. The Labute approximate surface area is 199 Å². The number of nitrogens with one attached hydrogen (secondary N) is 2. The van der Waals surface area contributed by atoms with E-state index in [1.165, 1.54) is 18.6 Å². The summed E-state index contributed by atoms with van der Waals surface area (Å²) < 4.78 is 10.5. The molecular weight excluding hydrogens is 464 g/mol. The number of pyridine rings is 1. The Morgan fingerprint density at radius 1 is 1.09 bits per heavy atom. The molecule has 1 aliphatic rings. The van der Waals surface area contributed by atoms with Crippen LogP contribution in [0.25, 0.3) is 10.9 Å². The summed E-state index contributed by atoms with van der Waals surface area (Å²) in [6.45, 7) is 0. The van der Waals surface area contributed by atoms with Gasteiger partial charge in [-0.15, -0.1) is 0 Å². The van der Waals surface area contributed by atoms with Gasteiger partial charge >= 0.3 is 0 Å². The van der Waals surface area contributed by atoms with Crippen molar-refractivity contribution < 1.29 is 19.1 Å². The van der Waals surface area contributed by atoms with Gasteiger partial charge in [0.2, 0.25) is 17.0 Å². The fraction of sp³-hybridized carbons (Fsp3) is 0.208. The molecule has 2 heterocycles. The monoisotopic (exact) mass is 484 g/mol. The van der Waals surface area contributed by atoms with E-state index in [1.807, 2.05) is 18.2 Å². The van der Waals surface area contributed by atoms with Gasteiger partial charge < -0.3 is 19.8 Å². The molecule has 7 nitrogen and oxygen atoms in total. The van der Waals surface area contributed by atoms with E-state index in [2.05, 4.69) is 10.3 Å². The van der Waals surface area contributed by atoms with Crippen LogP contribution in [0.4, 0.5) is 0 Å². The van der Waals surface area contributed by atoms with E-state index in [1.54, 1.807) is 30.3 Å². The van der Waals surface area contributed by atoms with Gasteiger partial charge in [-0.3, -0.25) is 14.4 Å². The van der Waals surface area contributed by atoms with E-state index >= 15 is 0 Å². The first-order chi connectivity index (χ1) is 16.0. The molecule has 0 radical (unpaired) electrons. The zero-order chi connectivity index (χ0) is 23.2. The van der Waals surface area contributed by atoms with Crippen molar-refractivity contribution in [1.29, 1.82) is 0 Å². The predicted molar refractivity (Wildman–Crippen MR) is 128 cm³/mol. The van der Waals surface area contributed by atoms with Crippen LogP contribution in [0.2, 0.25) is 5.02 Å². The van der Waals surface area contributed by atoms with Crippen LogP contribution in [0.15, 0.2) is 71.9 Å². The van der Waals surface area contributed by atoms with Crippen molar-refractivity contribution in [3.8, 4) is 0 Å². The number of carbonyl (C=O) groups excluding carboxylic acids is 2. The molecule has 170 valence electrons. The van der Waals surface area contributed by atoms with Gasteiger partial charge in [-0.2, -0.15) is 0 Å². The summed E-state index contributed by atoms with van der Waals surface area (Å²) in [7, 11) is 0. The topological polar surface area (TPSA) is 97.5 Å². The molecule has 0 saturated carbocycles. The molecule has 1 unspecified atom stereocenters. The third kappa shape index (κ3) is 5.97. The lowest BCUT2D eigenvalue weighted by Gasteiger charge is -2.19. The summed E-state index contributed by atoms with van der Waals surface area (Å²) in [5.74, 6) is 0.0562. The Kier molecular flexibility index (Phi) is 7.36. The fourth-order valence-electron chi connectivity index (χ4n) is 3.47. The average molecular weight is 485 g/mol. The summed E-state index contributed by atoms with van der Waals surface area (Å²) in [6.07, 6.45) is 3.20. The normalized spacial score (nSPS) is 14.0. The zero-order valence-electron chi connectivity index (χ0n) is 17.5. The van der Waals surface area contributed by atoms with E-state index in [0.717, 1.165) is 17.1 Å². The lowest BCUT2D eigenvalue weighted by Crippen LogP contribution is -2.41. The summed E-state index contributed by atoms with van der Waals surface area (Å²) in [5.41, 5.74) is 1.47. The Morgan fingerprint density at radius 2 is 1.82 bits per heavy atom. The number of hydrogen-bond acceptors (Lipinski definition) is 6. The van der Waals surface area contributed by atoms with Crippen LogP contribution in [0.1, 0.15) is 22.3 Å². The molecule has 0 fully saturated rings. The highest BCUT2D eigenvalue weighted by Crippen LogP contribution is 2.20. The van der Waals surface area contributed by atoms with Crippen LogP contribution >= 0.6 is 23.4 Å². The van der Waals surface area contributed by atoms with Crippen LogP contribution < -0.4 is 10.9 Å². The highest BCUT2D eigenvalue weighted by molar-refractivity contribution is 8.13. The molecule has 1 atom stereocenters. The minimum absolute atomic E-state index is 0.174. The molecule has 3 aromatic rings. The standard InChI is InChI=1S/C24H21ClN2O5S/c25-17-7-5-15(6-8-17)23(29)27-20(24(30)33-12-9-22-31-10-11-32-22)13-16-14-21(28)26-19-4-2-1-3-18(16)19/h1-8,10-11,14,20,22H,9,12-13H2,(H,26,28)(H,27,29). The molecular formula is C24H21ClN2O5S. The van der Waals surface area contributed by atoms with E-state index in [9.17, 15) is 14.4 Å². The summed E-state index contributed by atoms with van der Waals surface area (Å²) in [5, 5.41) is 3.94. The summed E-state index contributed by atoms with van der Waals surface area (Å²) >= 11 is 7.01. The predicted octanol–water partition coefficient (Wildman–Crippen LogP) is 4.02. The molecule has 1 amide bonds. The molecule has 4 rings (SSSR count). The first kappa shape index (κ1) is 22.9. The number of hydrogen-bond donors (Lipinski definition) is 2. The molecule has 0 spiro atoms. The van der Waals surface area contributed by atoms with Gasteiger partial charge in [0.05, 0.1) is 0 Å². The highest BCUT2D eigenvalue weighted by atomic mass is 35.5. The average Bonchev–Trinajstić information content (AvgIpc) is 3.32. The van der Waals surface area contributed by atoms with Gasteiger partial charge in [-0.25, -0.2) is 0 Å². The third-order valence-corrected chi connectivity index (χ3v) is 6.33. The SMILES string of the molecule is O=C(NC(Cc1cc(=O)[nH]c2ccccc12)C(=O)SCCC1OC=CO1)c1ccc(Cl)cc1. The van der Waals surface area contributed by atoms with Gasteiger partial charge in [-0.1, -0.05) is 41.6 Å². The summed E-state index contributed by atoms with van der Waals surface area (Å²) in [4.78, 5) is 40.9. The van der Waals surface area contributed by atoms with Crippen LogP contribution in [0.5, 0.6) is 0 Å². The van der Waals surface area contributed by atoms with Crippen molar-refractivity contribution in [1.82, 2.24) is 10.3 Å². The molecule has 0 bridgehead atoms. The number of carbonyl (C=O) groups is 2. The number of fused-ring (bicyclic) bond motifs is 1. The highest BCUT2D eigenvalue weighted by Gasteiger charge is 2.24. The molecule has 1 aliphatic heterocycles. The van der Waals surface area contributed by atoms with E-state index in [0.29, 0.717) is 33.8 Å². The van der Waals surface area contributed by atoms with Crippen LogP contribution in [0, 0.1) is 0 Å². The largest absolute Gasteiger partial charge is 0.459 e. The van der Waals surface area contributed by atoms with Crippen molar-refractivity contribution >= 4 is 45.3 Å². The fourth-order valence-corrected chi connectivity index (χ4v) is 4.45. The van der Waals surface area contributed by atoms with E-state index in [-0.39, 0.29) is 17.1 Å². The number of H-pyrrole nitrogens is 1. The molecule has 33 heavy (non-hydrogen) atoms. The van der Waals surface area contributed by atoms with Gasteiger partial charge in [-0.05, 0) is 35.9 Å². The number of rotatable bonds is 8. The second kappa shape index (κ2) is 10.6. The number of thioether (sulfide) groups is 1. The van der Waals surface area contributed by atoms with E-state index < -0.39 is 18.2 Å². The van der Waals surface area contributed by atoms with Crippen LogP contribution in [0.3, 0.4) is 0 Å². The van der Waals surface area contributed by atoms with Gasteiger partial charge in [0.1, 0.15) is 18.6 Å². The molecule has 1 aromatic heterocycles. The van der Waals surface area contributed by atoms with E-state index in [4.69, 9.17) is 21.1 Å². The van der Waals surface area contributed by atoms with Gasteiger partial charge in [0, 0.05) is 46.1 Å². The maximum atomic E-state index is 13.1. The minimum atomic E-state index is -0.841. The Hall–Kier alpha value is -3.23. The number of ether oxygens (including phenoxy) is 2. The van der Waals surface area contributed by atoms with Crippen LogP contribution in [-0.2, 0) is 20.7 Å². The first-order valence-corrected chi connectivity index (χ1v) is 11.7. The Balaban J connectivity index is 1.54. The first-order valence-electron chi connectivity index (χ1n) is 10.3. The van der Waals surface area contributed by atoms with Gasteiger partial charge in [0.25, 0.3) is 5.91 Å². The Bertz CT molecular complexity index is 1230. The lowest BCUT2D eigenvalue weighted by molar-refractivity contribution is -0.112. The molecule has 9 heteroatoms. The van der Waals surface area contributed by atoms with Crippen molar-refractivity contribution in [2.24, 2.45) is 0 Å². The maximum Gasteiger partial charge on any atom is 0.251 e. The van der Waals surface area contributed by atoms with Crippen LogP contribution in [-0.4, -0.2) is 34.1 Å². The zero-order valence-corrected chi connectivity index (χ0v) is 19.0. The second-order valence-electron chi connectivity index (χ2n) is 7.37. The minimum Gasteiger partial charge on any atom is -0.459 e. The molecule has 0 aliphatic carbocycles. The number of aromatic amines is 1. The quantitative estimate of drug-likeness (QED) is 0.501. The smallest absolute Gasteiger partial charge is 0.251 e. The van der Waals surface area contributed by atoms with Crippen molar-refractivity contribution in [3.63, 3.8) is 0 Å². The number of amides is 1. The number of halogens is 1. The Morgan fingerprint density at radius 3 is 2.58 bits per heavy atom. The number of para-hydroxylation sites is 1.